The van der Waals surface area contributed by atoms with Crippen molar-refractivity contribution in [3.8, 4) is 22.6 Å². The van der Waals surface area contributed by atoms with E-state index < -0.39 is 0 Å². The van der Waals surface area contributed by atoms with E-state index in [0.717, 1.165) is 39.4 Å². The van der Waals surface area contributed by atoms with E-state index in [1.807, 2.05) is 19.1 Å². The molecule has 0 N–H and O–H groups in total. The predicted octanol–water partition coefficient (Wildman–Crippen LogP) is 5.58. The van der Waals surface area contributed by atoms with Crippen LogP contribution in [-0.2, 0) is 0 Å². The van der Waals surface area contributed by atoms with Crippen molar-refractivity contribution in [2.24, 2.45) is 0 Å². The van der Waals surface area contributed by atoms with E-state index in [-0.39, 0.29) is 0 Å². The van der Waals surface area contributed by atoms with Crippen molar-refractivity contribution in [3.63, 3.8) is 0 Å². The first-order valence-electron chi connectivity index (χ1n) is 7.86. The van der Waals surface area contributed by atoms with Crippen LogP contribution in [-0.4, -0.2) is 14.2 Å². The largest absolute Gasteiger partial charge is 0.496 e. The van der Waals surface area contributed by atoms with E-state index in [1.165, 1.54) is 10.8 Å². The molecule has 0 amide bonds. The van der Waals surface area contributed by atoms with Crippen LogP contribution in [0.3, 0.4) is 0 Å². The second-order valence-corrected chi connectivity index (χ2v) is 5.76. The Morgan fingerprint density at radius 3 is 2.46 bits per heavy atom. The lowest BCUT2D eigenvalue weighted by molar-refractivity contribution is 0.397. The zero-order chi connectivity index (χ0) is 16.7. The van der Waals surface area contributed by atoms with Crippen LogP contribution in [0.25, 0.3) is 32.9 Å². The molecule has 0 aliphatic carbocycles. The van der Waals surface area contributed by atoms with E-state index in [4.69, 9.17) is 13.9 Å². The Labute approximate surface area is 140 Å². The summed E-state index contributed by atoms with van der Waals surface area (Å²) in [6.45, 7) is 1.99. The number of fused-ring (bicyclic) bond motifs is 2. The zero-order valence-corrected chi connectivity index (χ0v) is 13.9. The average Bonchev–Trinajstić information content (AvgIpc) is 2.95. The number of hydrogen-bond acceptors (Lipinski definition) is 3. The number of furan rings is 1. The standard InChI is InChI=1S/C21H18O3/c1-13-20(17-10-6-8-14-7-4-5-9-16(14)17)21-18(23-3)11-15(22-2)12-19(21)24-13/h4-12H,1-3H3. The summed E-state index contributed by atoms with van der Waals surface area (Å²) in [6, 6.07) is 18.5. The van der Waals surface area contributed by atoms with Gasteiger partial charge in [-0.15, -0.1) is 0 Å². The van der Waals surface area contributed by atoms with Gasteiger partial charge >= 0.3 is 0 Å². The molecule has 3 heteroatoms. The van der Waals surface area contributed by atoms with Crippen LogP contribution in [0, 0.1) is 6.92 Å². The van der Waals surface area contributed by atoms with Gasteiger partial charge in [0.2, 0.25) is 0 Å². The molecule has 3 aromatic carbocycles. The highest BCUT2D eigenvalue weighted by molar-refractivity contribution is 6.07. The summed E-state index contributed by atoms with van der Waals surface area (Å²) in [5, 5.41) is 3.38. The third-order valence-corrected chi connectivity index (χ3v) is 4.42. The minimum absolute atomic E-state index is 0.720. The van der Waals surface area contributed by atoms with Crippen LogP contribution < -0.4 is 9.47 Å². The smallest absolute Gasteiger partial charge is 0.142 e. The minimum Gasteiger partial charge on any atom is -0.496 e. The maximum Gasteiger partial charge on any atom is 0.142 e. The van der Waals surface area contributed by atoms with Gasteiger partial charge in [0.1, 0.15) is 22.8 Å². The van der Waals surface area contributed by atoms with Crippen molar-refractivity contribution in [3.05, 3.63) is 60.4 Å². The lowest BCUT2D eigenvalue weighted by Crippen LogP contribution is -1.89. The van der Waals surface area contributed by atoms with Gasteiger partial charge in [0.25, 0.3) is 0 Å². The molecule has 0 saturated carbocycles. The number of rotatable bonds is 3. The summed E-state index contributed by atoms with van der Waals surface area (Å²) in [4.78, 5) is 0. The third kappa shape index (κ3) is 2.13. The van der Waals surface area contributed by atoms with Gasteiger partial charge in [0.15, 0.2) is 0 Å². The molecule has 0 aliphatic rings. The van der Waals surface area contributed by atoms with Gasteiger partial charge < -0.3 is 13.9 Å². The van der Waals surface area contributed by atoms with Crippen LogP contribution in [0.15, 0.2) is 59.0 Å². The van der Waals surface area contributed by atoms with Gasteiger partial charge in [-0.3, -0.25) is 0 Å². The van der Waals surface area contributed by atoms with Crippen LogP contribution in [0.2, 0.25) is 0 Å². The van der Waals surface area contributed by atoms with Crippen molar-refractivity contribution in [2.45, 2.75) is 6.92 Å². The lowest BCUT2D eigenvalue weighted by Gasteiger charge is -2.09. The van der Waals surface area contributed by atoms with Gasteiger partial charge in [-0.1, -0.05) is 42.5 Å². The minimum atomic E-state index is 0.720. The predicted molar refractivity (Wildman–Crippen MR) is 97.0 cm³/mol. The van der Waals surface area contributed by atoms with Gasteiger partial charge in [-0.2, -0.15) is 0 Å². The summed E-state index contributed by atoms with van der Waals surface area (Å²) in [6.07, 6.45) is 0. The van der Waals surface area contributed by atoms with Crippen LogP contribution in [0.5, 0.6) is 11.5 Å². The number of aryl methyl sites for hydroxylation is 1. The van der Waals surface area contributed by atoms with Crippen molar-refractivity contribution >= 4 is 21.7 Å². The van der Waals surface area contributed by atoms with Gasteiger partial charge in [0, 0.05) is 17.7 Å². The summed E-state index contributed by atoms with van der Waals surface area (Å²) >= 11 is 0. The van der Waals surface area contributed by atoms with E-state index in [0.29, 0.717) is 0 Å². The van der Waals surface area contributed by atoms with Crippen LogP contribution in [0.1, 0.15) is 5.76 Å². The maximum absolute atomic E-state index is 6.03. The molecule has 0 aliphatic heterocycles. The molecule has 0 unspecified atom stereocenters. The van der Waals surface area contributed by atoms with Gasteiger partial charge in [0.05, 0.1) is 19.6 Å². The van der Waals surface area contributed by atoms with Gasteiger partial charge in [-0.25, -0.2) is 0 Å². The molecule has 0 saturated heterocycles. The highest BCUT2D eigenvalue weighted by Crippen LogP contribution is 2.43. The quantitative estimate of drug-likeness (QED) is 0.494. The molecule has 0 fully saturated rings. The molecule has 120 valence electrons. The highest BCUT2D eigenvalue weighted by atomic mass is 16.5. The molecule has 1 aromatic heterocycles. The number of hydrogen-bond donors (Lipinski definition) is 0. The van der Waals surface area contributed by atoms with E-state index in [2.05, 4.69) is 42.5 Å². The molecule has 0 bridgehead atoms. The fraction of sp³-hybridized carbons (Fsp3) is 0.143. The Morgan fingerprint density at radius 1 is 0.875 bits per heavy atom. The first kappa shape index (κ1) is 14.6. The SMILES string of the molecule is COc1cc(OC)c2c(-c3cccc4ccccc34)c(C)oc2c1. The number of benzene rings is 3. The van der Waals surface area contributed by atoms with E-state index >= 15 is 0 Å². The van der Waals surface area contributed by atoms with Crippen molar-refractivity contribution < 1.29 is 13.9 Å². The molecule has 0 spiro atoms. The van der Waals surface area contributed by atoms with Crippen LogP contribution in [0.4, 0.5) is 0 Å². The fourth-order valence-corrected chi connectivity index (χ4v) is 3.33. The second-order valence-electron chi connectivity index (χ2n) is 5.76. The topological polar surface area (TPSA) is 31.6 Å². The molecule has 4 rings (SSSR count). The molecule has 0 radical (unpaired) electrons. The molecule has 0 atom stereocenters. The van der Waals surface area contributed by atoms with E-state index in [1.54, 1.807) is 14.2 Å². The van der Waals surface area contributed by atoms with Crippen molar-refractivity contribution in [1.29, 1.82) is 0 Å². The normalized spacial score (nSPS) is 11.1. The van der Waals surface area contributed by atoms with Gasteiger partial charge in [-0.05, 0) is 23.3 Å². The maximum atomic E-state index is 6.03. The molecule has 4 aromatic rings. The Hall–Kier alpha value is -2.94. The number of methoxy groups -OCH3 is 2. The molecule has 1 heterocycles. The average molecular weight is 318 g/mol. The van der Waals surface area contributed by atoms with Crippen LogP contribution >= 0.6 is 0 Å². The lowest BCUT2D eigenvalue weighted by atomic mass is 9.96. The second kappa shape index (κ2) is 5.60. The zero-order valence-electron chi connectivity index (χ0n) is 13.9. The number of ether oxygens (including phenoxy) is 2. The Kier molecular flexibility index (Phi) is 3.42. The van der Waals surface area contributed by atoms with Crippen molar-refractivity contribution in [1.82, 2.24) is 0 Å². The molecule has 3 nitrogen and oxygen atoms in total. The monoisotopic (exact) mass is 318 g/mol. The fourth-order valence-electron chi connectivity index (χ4n) is 3.33. The van der Waals surface area contributed by atoms with E-state index in [9.17, 15) is 0 Å². The summed E-state index contributed by atoms with van der Waals surface area (Å²) in [5.74, 6) is 2.34. The third-order valence-electron chi connectivity index (χ3n) is 4.42. The Morgan fingerprint density at radius 2 is 1.67 bits per heavy atom. The Bertz CT molecular complexity index is 1040. The first-order valence-corrected chi connectivity index (χ1v) is 7.86. The highest BCUT2D eigenvalue weighted by Gasteiger charge is 2.19. The molecular formula is C21H18O3. The summed E-state index contributed by atoms with van der Waals surface area (Å²) in [7, 11) is 3.31. The first-order chi connectivity index (χ1) is 11.7. The molecular weight excluding hydrogens is 300 g/mol. The molecule has 24 heavy (non-hydrogen) atoms. The Balaban J connectivity index is 2.11. The van der Waals surface area contributed by atoms with Crippen molar-refractivity contribution in [2.75, 3.05) is 14.2 Å². The summed E-state index contributed by atoms with van der Waals surface area (Å²) < 4.78 is 17.0. The summed E-state index contributed by atoms with van der Waals surface area (Å²) in [5.41, 5.74) is 2.99.